The smallest absolute Gasteiger partial charge is 0.370 e. The zero-order valence-electron chi connectivity index (χ0n) is 13.8. The second kappa shape index (κ2) is 6.40. The highest BCUT2D eigenvalue weighted by atomic mass is 35.5. The number of halogens is 4. The van der Waals surface area contributed by atoms with Gasteiger partial charge in [-0.1, -0.05) is 17.7 Å². The third-order valence-electron chi connectivity index (χ3n) is 3.62. The van der Waals surface area contributed by atoms with Gasteiger partial charge in [0.15, 0.2) is 11.8 Å². The van der Waals surface area contributed by atoms with Crippen LogP contribution in [0.1, 0.15) is 30.7 Å². The Bertz CT molecular complexity index is 871. The van der Waals surface area contributed by atoms with Crippen LogP contribution < -0.4 is 11.1 Å². The molecule has 1 aliphatic heterocycles. The van der Waals surface area contributed by atoms with Gasteiger partial charge in [-0.25, -0.2) is 9.98 Å². The van der Waals surface area contributed by atoms with E-state index in [9.17, 15) is 13.2 Å². The zero-order chi connectivity index (χ0) is 19.1. The third-order valence-corrected chi connectivity index (χ3v) is 3.93. The minimum atomic E-state index is -4.57. The number of hydrogen-bond donors (Lipinski definition) is 2. The van der Waals surface area contributed by atoms with Crippen LogP contribution in [0, 0.1) is 0 Å². The molecule has 0 aliphatic carbocycles. The molecule has 1 atom stereocenters. The molecule has 2 heterocycles. The molecule has 1 aromatic carbocycles. The molecule has 26 heavy (non-hydrogen) atoms. The van der Waals surface area contributed by atoms with Crippen molar-refractivity contribution in [2.24, 2.45) is 10.7 Å². The largest absolute Gasteiger partial charge is 0.417 e. The molecule has 0 radical (unpaired) electrons. The summed E-state index contributed by atoms with van der Waals surface area (Å²) in [5.74, 6) is 0.298. The first-order valence-corrected chi connectivity index (χ1v) is 8.00. The highest BCUT2D eigenvalue weighted by Crippen LogP contribution is 2.43. The Morgan fingerprint density at radius 1 is 1.23 bits per heavy atom. The van der Waals surface area contributed by atoms with E-state index < -0.39 is 22.5 Å². The lowest BCUT2D eigenvalue weighted by molar-refractivity contribution is -0.137. The number of hydrogen-bond acceptors (Lipinski definition) is 6. The number of nitrogens with one attached hydrogen (secondary N) is 1. The van der Waals surface area contributed by atoms with Gasteiger partial charge in [-0.2, -0.15) is 13.2 Å². The van der Waals surface area contributed by atoms with Crippen LogP contribution in [0.5, 0.6) is 0 Å². The highest BCUT2D eigenvalue weighted by molar-refractivity contribution is 6.31. The Kier molecular flexibility index (Phi) is 4.53. The Morgan fingerprint density at radius 2 is 1.92 bits per heavy atom. The lowest BCUT2D eigenvalue weighted by Gasteiger charge is -2.35. The van der Waals surface area contributed by atoms with Crippen LogP contribution in [-0.4, -0.2) is 22.0 Å². The van der Waals surface area contributed by atoms with Gasteiger partial charge in [0.2, 0.25) is 5.72 Å². The molecule has 1 aromatic heterocycles. The fourth-order valence-corrected chi connectivity index (χ4v) is 2.99. The number of aliphatic imine (C=N–C) groups is 1. The Hall–Kier alpha value is -2.39. The Morgan fingerprint density at radius 3 is 2.54 bits per heavy atom. The van der Waals surface area contributed by atoms with Crippen molar-refractivity contribution >= 4 is 23.4 Å². The first kappa shape index (κ1) is 18.4. The number of aromatic nitrogens is 2. The lowest BCUT2D eigenvalue weighted by Crippen LogP contribution is -2.42. The molecule has 10 heteroatoms. The van der Waals surface area contributed by atoms with Crippen LogP contribution in [0.4, 0.5) is 19.0 Å². The standard InChI is InChI=1S/C16H15ClF3N5O/c1-8(2)26-15(9-3-4-10(11(17)7-9)16(18,19)20)12-13(23-6-5-22-12)24-14(21)25-15/h3-8H,1-2H3,(H3,21,23,24,25). The van der Waals surface area contributed by atoms with Crippen LogP contribution in [0.2, 0.25) is 5.02 Å². The van der Waals surface area contributed by atoms with E-state index in [0.717, 1.165) is 12.1 Å². The molecule has 0 fully saturated rings. The van der Waals surface area contributed by atoms with E-state index in [4.69, 9.17) is 22.1 Å². The van der Waals surface area contributed by atoms with Crippen molar-refractivity contribution in [2.45, 2.75) is 31.9 Å². The molecule has 138 valence electrons. The molecule has 0 bridgehead atoms. The maximum Gasteiger partial charge on any atom is 0.417 e. The van der Waals surface area contributed by atoms with Gasteiger partial charge < -0.3 is 15.8 Å². The number of rotatable bonds is 3. The van der Waals surface area contributed by atoms with E-state index in [0.29, 0.717) is 5.82 Å². The fourth-order valence-electron chi connectivity index (χ4n) is 2.70. The average molecular weight is 386 g/mol. The van der Waals surface area contributed by atoms with Gasteiger partial charge in [-0.15, -0.1) is 0 Å². The van der Waals surface area contributed by atoms with Gasteiger partial charge in [0, 0.05) is 18.0 Å². The number of fused-ring (bicyclic) bond motifs is 1. The van der Waals surface area contributed by atoms with Crippen molar-refractivity contribution in [3.05, 3.63) is 52.4 Å². The monoisotopic (exact) mass is 385 g/mol. The molecule has 0 amide bonds. The van der Waals surface area contributed by atoms with Crippen LogP contribution in [0.15, 0.2) is 35.6 Å². The number of alkyl halides is 3. The third kappa shape index (κ3) is 3.19. The summed E-state index contributed by atoms with van der Waals surface area (Å²) in [5, 5.41) is 2.30. The van der Waals surface area contributed by atoms with Crippen molar-refractivity contribution in [3.8, 4) is 0 Å². The predicted octanol–water partition coefficient (Wildman–Crippen LogP) is 3.52. The molecule has 2 aromatic rings. The van der Waals surface area contributed by atoms with Gasteiger partial charge >= 0.3 is 6.18 Å². The summed E-state index contributed by atoms with van der Waals surface area (Å²) in [4.78, 5) is 12.7. The van der Waals surface area contributed by atoms with E-state index in [1.807, 2.05) is 0 Å². The van der Waals surface area contributed by atoms with Gasteiger partial charge in [0.1, 0.15) is 5.69 Å². The molecule has 0 saturated heterocycles. The molecule has 6 nitrogen and oxygen atoms in total. The first-order chi connectivity index (χ1) is 12.1. The molecule has 1 unspecified atom stereocenters. The summed E-state index contributed by atoms with van der Waals surface area (Å²) in [6.45, 7) is 3.52. The summed E-state index contributed by atoms with van der Waals surface area (Å²) in [6.07, 6.45) is -2.04. The fraction of sp³-hybridized carbons (Fsp3) is 0.312. The van der Waals surface area contributed by atoms with Crippen LogP contribution in [-0.2, 0) is 16.6 Å². The van der Waals surface area contributed by atoms with Crippen LogP contribution >= 0.6 is 11.6 Å². The van der Waals surface area contributed by atoms with E-state index >= 15 is 0 Å². The number of ether oxygens (including phenoxy) is 1. The van der Waals surface area contributed by atoms with E-state index in [-0.39, 0.29) is 23.3 Å². The topological polar surface area (TPSA) is 85.4 Å². The average Bonchev–Trinajstić information content (AvgIpc) is 2.52. The minimum Gasteiger partial charge on any atom is -0.370 e. The summed E-state index contributed by atoms with van der Waals surface area (Å²) in [6, 6.07) is 3.29. The molecule has 0 spiro atoms. The quantitative estimate of drug-likeness (QED) is 0.844. The minimum absolute atomic E-state index is 0.00493. The van der Waals surface area contributed by atoms with Gasteiger partial charge in [-0.3, -0.25) is 4.98 Å². The highest BCUT2D eigenvalue weighted by Gasteiger charge is 2.44. The number of guanidine groups is 1. The normalized spacial score (nSPS) is 19.7. The molecule has 1 aliphatic rings. The molecular weight excluding hydrogens is 371 g/mol. The number of nitrogens with two attached hydrogens (primary N) is 1. The maximum absolute atomic E-state index is 13.0. The Labute approximate surface area is 152 Å². The summed E-state index contributed by atoms with van der Waals surface area (Å²) in [5.41, 5.74) is 3.87. The van der Waals surface area contributed by atoms with Crippen molar-refractivity contribution in [1.82, 2.24) is 9.97 Å². The predicted molar refractivity (Wildman–Crippen MR) is 90.7 cm³/mol. The summed E-state index contributed by atoms with van der Waals surface area (Å²) < 4.78 is 45.1. The molecular formula is C16H15ClF3N5O. The van der Waals surface area contributed by atoms with E-state index in [2.05, 4.69) is 20.3 Å². The number of anilines is 1. The molecule has 3 N–H and O–H groups in total. The van der Waals surface area contributed by atoms with E-state index in [1.165, 1.54) is 18.5 Å². The van der Waals surface area contributed by atoms with Crippen molar-refractivity contribution in [3.63, 3.8) is 0 Å². The van der Waals surface area contributed by atoms with E-state index in [1.54, 1.807) is 13.8 Å². The molecule has 0 saturated carbocycles. The van der Waals surface area contributed by atoms with Gasteiger partial charge in [-0.05, 0) is 26.0 Å². The van der Waals surface area contributed by atoms with Gasteiger partial charge in [0.05, 0.1) is 16.7 Å². The van der Waals surface area contributed by atoms with Crippen molar-refractivity contribution in [2.75, 3.05) is 5.32 Å². The van der Waals surface area contributed by atoms with Crippen LogP contribution in [0.3, 0.4) is 0 Å². The summed E-state index contributed by atoms with van der Waals surface area (Å²) >= 11 is 5.89. The maximum atomic E-state index is 13.0. The lowest BCUT2D eigenvalue weighted by atomic mass is 9.96. The SMILES string of the molecule is CC(C)OC1(c2ccc(C(F)(F)F)c(Cl)c2)N=C(N)Nc2nccnc21. The van der Waals surface area contributed by atoms with Crippen molar-refractivity contribution in [1.29, 1.82) is 0 Å². The second-order valence-corrected chi connectivity index (χ2v) is 6.29. The first-order valence-electron chi connectivity index (χ1n) is 7.62. The zero-order valence-corrected chi connectivity index (χ0v) is 14.6. The van der Waals surface area contributed by atoms with Crippen LogP contribution in [0.25, 0.3) is 0 Å². The number of benzene rings is 1. The van der Waals surface area contributed by atoms with Gasteiger partial charge in [0.25, 0.3) is 0 Å². The Balaban J connectivity index is 2.25. The number of nitrogens with zero attached hydrogens (tertiary/aromatic N) is 3. The van der Waals surface area contributed by atoms with Crippen molar-refractivity contribution < 1.29 is 17.9 Å². The summed E-state index contributed by atoms with van der Waals surface area (Å²) in [7, 11) is 0. The second-order valence-electron chi connectivity index (χ2n) is 5.88. The molecule has 3 rings (SSSR count).